The molecule has 2 saturated carbocycles. The lowest BCUT2D eigenvalue weighted by Gasteiger charge is -2.25. The van der Waals surface area contributed by atoms with Crippen molar-refractivity contribution in [2.45, 2.75) is 96.4 Å². The summed E-state index contributed by atoms with van der Waals surface area (Å²) in [5.41, 5.74) is 5.68. The van der Waals surface area contributed by atoms with E-state index in [0.29, 0.717) is 6.04 Å². The third-order valence-corrected chi connectivity index (χ3v) is 6.31. The highest BCUT2D eigenvalue weighted by atomic mass is 32.1. The summed E-state index contributed by atoms with van der Waals surface area (Å²) in [6.45, 7) is 4.52. The van der Waals surface area contributed by atoms with Gasteiger partial charge in [0.15, 0.2) is 5.11 Å². The first kappa shape index (κ1) is 18.7. The third kappa shape index (κ3) is 4.75. The first-order valence-corrected chi connectivity index (χ1v) is 10.8. The van der Waals surface area contributed by atoms with Crippen LogP contribution in [0.5, 0.6) is 0 Å². The third-order valence-electron chi connectivity index (χ3n) is 6.09. The average Bonchev–Trinajstić information content (AvgIpc) is 3.15. The van der Waals surface area contributed by atoms with Gasteiger partial charge in [-0.3, -0.25) is 0 Å². The second-order valence-corrected chi connectivity index (χ2v) is 8.24. The van der Waals surface area contributed by atoms with Crippen LogP contribution < -0.4 is 10.6 Å². The Labute approximate surface area is 159 Å². The maximum Gasteiger partial charge on any atom is 0.171 e. The highest BCUT2D eigenvalue weighted by molar-refractivity contribution is 7.80. The zero-order chi connectivity index (χ0) is 17.6. The van der Waals surface area contributed by atoms with E-state index in [1.165, 1.54) is 74.6 Å². The standard InChI is InChI=1S/C22H34N2S/c1-3-16-14-19(18-10-6-5-7-11-18)15-17(4-2)21(16)24-22(25)23-20-12-8-9-13-20/h14-15,18,20H,3-13H2,1-2H3,(H2,23,24,25). The van der Waals surface area contributed by atoms with Crippen molar-refractivity contribution in [2.24, 2.45) is 0 Å². The van der Waals surface area contributed by atoms with Gasteiger partial charge in [-0.1, -0.05) is 58.1 Å². The van der Waals surface area contributed by atoms with E-state index in [4.69, 9.17) is 12.2 Å². The van der Waals surface area contributed by atoms with Crippen molar-refractivity contribution in [2.75, 3.05) is 5.32 Å². The van der Waals surface area contributed by atoms with Crippen LogP contribution in [0.2, 0.25) is 0 Å². The number of thiocarbonyl (C=S) groups is 1. The van der Waals surface area contributed by atoms with Crippen LogP contribution in [-0.4, -0.2) is 11.2 Å². The van der Waals surface area contributed by atoms with Crippen LogP contribution in [-0.2, 0) is 12.8 Å². The van der Waals surface area contributed by atoms with E-state index in [0.717, 1.165) is 23.9 Å². The first-order chi connectivity index (χ1) is 12.2. The molecule has 0 heterocycles. The summed E-state index contributed by atoms with van der Waals surface area (Å²) in [4.78, 5) is 0. The van der Waals surface area contributed by atoms with E-state index in [1.54, 1.807) is 5.56 Å². The largest absolute Gasteiger partial charge is 0.360 e. The van der Waals surface area contributed by atoms with Gasteiger partial charge in [0.05, 0.1) is 0 Å². The quantitative estimate of drug-likeness (QED) is 0.623. The van der Waals surface area contributed by atoms with E-state index >= 15 is 0 Å². The second-order valence-electron chi connectivity index (χ2n) is 7.84. The predicted molar refractivity (Wildman–Crippen MR) is 113 cm³/mol. The molecule has 0 radical (unpaired) electrons. The number of rotatable bonds is 5. The van der Waals surface area contributed by atoms with Gasteiger partial charge >= 0.3 is 0 Å². The number of benzene rings is 1. The number of anilines is 1. The van der Waals surface area contributed by atoms with Crippen molar-refractivity contribution in [1.29, 1.82) is 0 Å². The zero-order valence-electron chi connectivity index (χ0n) is 16.0. The van der Waals surface area contributed by atoms with Crippen molar-refractivity contribution in [1.82, 2.24) is 5.32 Å². The van der Waals surface area contributed by atoms with Gasteiger partial charge in [-0.05, 0) is 73.4 Å². The SMILES string of the molecule is CCc1cc(C2CCCCC2)cc(CC)c1NC(=S)NC1CCCC1. The Morgan fingerprint density at radius 3 is 2.04 bits per heavy atom. The molecule has 1 aromatic carbocycles. The molecule has 0 bridgehead atoms. The Balaban J connectivity index is 1.78. The molecule has 138 valence electrons. The van der Waals surface area contributed by atoms with E-state index in [9.17, 15) is 0 Å². The fraction of sp³-hybridized carbons (Fsp3) is 0.682. The normalized spacial score (nSPS) is 19.1. The van der Waals surface area contributed by atoms with Crippen molar-refractivity contribution in [3.05, 3.63) is 28.8 Å². The van der Waals surface area contributed by atoms with Gasteiger partial charge in [-0.15, -0.1) is 0 Å². The van der Waals surface area contributed by atoms with Crippen molar-refractivity contribution in [3.8, 4) is 0 Å². The second kappa shape index (κ2) is 9.02. The minimum Gasteiger partial charge on any atom is -0.360 e. The molecule has 0 atom stereocenters. The van der Waals surface area contributed by atoms with Gasteiger partial charge < -0.3 is 10.6 Å². The van der Waals surface area contributed by atoms with Crippen molar-refractivity contribution >= 4 is 23.0 Å². The Hall–Kier alpha value is -1.09. The van der Waals surface area contributed by atoms with Gasteiger partial charge in [0.2, 0.25) is 0 Å². The molecular weight excluding hydrogens is 324 g/mol. The molecule has 2 aliphatic carbocycles. The molecule has 0 spiro atoms. The van der Waals surface area contributed by atoms with Crippen molar-refractivity contribution in [3.63, 3.8) is 0 Å². The molecule has 0 amide bonds. The number of hydrogen-bond acceptors (Lipinski definition) is 1. The van der Waals surface area contributed by atoms with E-state index in [2.05, 4.69) is 36.6 Å². The zero-order valence-corrected chi connectivity index (χ0v) is 16.8. The minimum absolute atomic E-state index is 0.566. The van der Waals surface area contributed by atoms with Gasteiger partial charge in [-0.2, -0.15) is 0 Å². The van der Waals surface area contributed by atoms with Gasteiger partial charge in [0, 0.05) is 11.7 Å². The molecule has 2 aliphatic rings. The van der Waals surface area contributed by atoms with Crippen LogP contribution in [0.25, 0.3) is 0 Å². The fourth-order valence-electron chi connectivity index (χ4n) is 4.59. The monoisotopic (exact) mass is 358 g/mol. The molecule has 25 heavy (non-hydrogen) atoms. The maximum absolute atomic E-state index is 5.62. The summed E-state index contributed by atoms with van der Waals surface area (Å²) in [6.07, 6.45) is 14.2. The Morgan fingerprint density at radius 1 is 0.920 bits per heavy atom. The Bertz CT molecular complexity index is 559. The Morgan fingerprint density at radius 2 is 1.48 bits per heavy atom. The molecule has 3 heteroatoms. The van der Waals surface area contributed by atoms with Crippen LogP contribution in [0.4, 0.5) is 5.69 Å². The maximum atomic E-state index is 5.62. The number of hydrogen-bond donors (Lipinski definition) is 2. The highest BCUT2D eigenvalue weighted by Crippen LogP contribution is 2.36. The van der Waals surface area contributed by atoms with Crippen LogP contribution in [0.15, 0.2) is 12.1 Å². The summed E-state index contributed by atoms with van der Waals surface area (Å²) in [5, 5.41) is 7.89. The summed E-state index contributed by atoms with van der Waals surface area (Å²) in [5.74, 6) is 0.766. The van der Waals surface area contributed by atoms with Crippen LogP contribution in [0.3, 0.4) is 0 Å². The molecule has 0 unspecified atom stereocenters. The van der Waals surface area contributed by atoms with E-state index in [-0.39, 0.29) is 0 Å². The number of aryl methyl sites for hydroxylation is 2. The Kier molecular flexibility index (Phi) is 6.75. The lowest BCUT2D eigenvalue weighted by Crippen LogP contribution is -2.36. The molecule has 2 fully saturated rings. The van der Waals surface area contributed by atoms with E-state index in [1.807, 2.05) is 0 Å². The summed E-state index contributed by atoms with van der Waals surface area (Å²) in [7, 11) is 0. The van der Waals surface area contributed by atoms with Gasteiger partial charge in [0.25, 0.3) is 0 Å². The lowest BCUT2D eigenvalue weighted by molar-refractivity contribution is 0.443. The average molecular weight is 359 g/mol. The van der Waals surface area contributed by atoms with E-state index < -0.39 is 0 Å². The number of nitrogens with one attached hydrogen (secondary N) is 2. The van der Waals surface area contributed by atoms with Crippen LogP contribution in [0, 0.1) is 0 Å². The molecule has 2 nitrogen and oxygen atoms in total. The lowest BCUT2D eigenvalue weighted by atomic mass is 9.82. The van der Waals surface area contributed by atoms with Crippen LogP contribution >= 0.6 is 12.2 Å². The van der Waals surface area contributed by atoms with Gasteiger partial charge in [0.1, 0.15) is 0 Å². The molecule has 0 aliphatic heterocycles. The smallest absolute Gasteiger partial charge is 0.171 e. The summed E-state index contributed by atoms with van der Waals surface area (Å²) < 4.78 is 0. The topological polar surface area (TPSA) is 24.1 Å². The molecule has 2 N–H and O–H groups in total. The van der Waals surface area contributed by atoms with Gasteiger partial charge in [-0.25, -0.2) is 0 Å². The summed E-state index contributed by atoms with van der Waals surface area (Å²) in [6, 6.07) is 5.47. The van der Waals surface area contributed by atoms with Crippen molar-refractivity contribution < 1.29 is 0 Å². The molecule has 3 rings (SSSR count). The first-order valence-electron chi connectivity index (χ1n) is 10.4. The highest BCUT2D eigenvalue weighted by Gasteiger charge is 2.20. The summed E-state index contributed by atoms with van der Waals surface area (Å²) >= 11 is 5.62. The predicted octanol–water partition coefficient (Wildman–Crippen LogP) is 6.09. The molecule has 1 aromatic rings. The minimum atomic E-state index is 0.566. The molecule has 0 aromatic heterocycles. The van der Waals surface area contributed by atoms with Crippen LogP contribution in [0.1, 0.15) is 94.2 Å². The molecule has 0 saturated heterocycles. The molecular formula is C22H34N2S. The fourth-order valence-corrected chi connectivity index (χ4v) is 4.86.